The molecule has 0 saturated carbocycles. The first-order valence-corrected chi connectivity index (χ1v) is 8.97. The van der Waals surface area contributed by atoms with E-state index in [1.165, 1.54) is 11.3 Å². The number of ether oxygens (including phenoxy) is 1. The molecule has 0 bridgehead atoms. The molecule has 1 aliphatic rings. The first kappa shape index (κ1) is 17.9. The zero-order chi connectivity index (χ0) is 16.9. The summed E-state index contributed by atoms with van der Waals surface area (Å²) in [6.07, 6.45) is 1.75. The van der Waals surface area contributed by atoms with E-state index in [-0.39, 0.29) is 11.9 Å². The van der Waals surface area contributed by atoms with Crippen molar-refractivity contribution < 1.29 is 14.3 Å². The highest BCUT2D eigenvalue weighted by atomic mass is 32.1. The molecule has 2 heterocycles. The minimum Gasteiger partial charge on any atom is -0.444 e. The Labute approximate surface area is 142 Å². The van der Waals surface area contributed by atoms with Gasteiger partial charge in [-0.25, -0.2) is 4.79 Å². The van der Waals surface area contributed by atoms with Crippen molar-refractivity contribution in [1.82, 2.24) is 10.2 Å². The molecule has 0 spiro atoms. The number of alkyl carbamates (subject to hydrolysis) is 1. The number of hydrogen-bond donors (Lipinski definition) is 1. The molecule has 6 heteroatoms. The molecule has 1 atom stereocenters. The van der Waals surface area contributed by atoms with Crippen LogP contribution in [0.5, 0.6) is 0 Å². The molecular weight excluding hydrogens is 312 g/mol. The third kappa shape index (κ3) is 6.31. The fourth-order valence-corrected chi connectivity index (χ4v) is 3.38. The van der Waals surface area contributed by atoms with E-state index < -0.39 is 5.60 Å². The van der Waals surface area contributed by atoms with E-state index in [1.807, 2.05) is 38.3 Å². The average molecular weight is 338 g/mol. The van der Waals surface area contributed by atoms with Crippen molar-refractivity contribution in [1.29, 1.82) is 0 Å². The van der Waals surface area contributed by atoms with Crippen LogP contribution < -0.4 is 5.32 Å². The number of nitrogens with zero attached hydrogens (tertiary/aromatic N) is 1. The van der Waals surface area contributed by atoms with Gasteiger partial charge < -0.3 is 10.1 Å². The first-order valence-electron chi connectivity index (χ1n) is 8.09. The Morgan fingerprint density at radius 1 is 1.43 bits per heavy atom. The molecular formula is C17H26N2O3S. The predicted molar refractivity (Wildman–Crippen MR) is 92.1 cm³/mol. The Morgan fingerprint density at radius 3 is 2.87 bits per heavy atom. The summed E-state index contributed by atoms with van der Waals surface area (Å²) in [6, 6.07) is 3.78. The minimum atomic E-state index is -0.476. The molecule has 1 aromatic rings. The van der Waals surface area contributed by atoms with Gasteiger partial charge in [0, 0.05) is 13.1 Å². The maximum absolute atomic E-state index is 12.2. The number of nitrogens with one attached hydrogen (secondary N) is 1. The molecule has 1 saturated heterocycles. The third-order valence-corrected chi connectivity index (χ3v) is 4.61. The monoisotopic (exact) mass is 338 g/mol. The largest absolute Gasteiger partial charge is 0.444 e. The quantitative estimate of drug-likeness (QED) is 0.838. The summed E-state index contributed by atoms with van der Waals surface area (Å²) in [6.45, 7) is 8.40. The summed E-state index contributed by atoms with van der Waals surface area (Å²) < 4.78 is 5.25. The summed E-state index contributed by atoms with van der Waals surface area (Å²) in [5.74, 6) is 0.549. The van der Waals surface area contributed by atoms with Crippen molar-refractivity contribution in [2.45, 2.75) is 39.2 Å². The van der Waals surface area contributed by atoms with E-state index in [4.69, 9.17) is 4.74 Å². The lowest BCUT2D eigenvalue weighted by Gasteiger charge is -2.32. The number of amides is 1. The van der Waals surface area contributed by atoms with Crippen molar-refractivity contribution in [2.75, 3.05) is 26.2 Å². The highest BCUT2D eigenvalue weighted by molar-refractivity contribution is 7.12. The average Bonchev–Trinajstić information content (AvgIpc) is 2.98. The van der Waals surface area contributed by atoms with Gasteiger partial charge in [0.15, 0.2) is 5.78 Å². The molecule has 1 fully saturated rings. The lowest BCUT2D eigenvalue weighted by Crippen LogP contribution is -2.43. The van der Waals surface area contributed by atoms with Crippen LogP contribution in [0, 0.1) is 5.92 Å². The smallest absolute Gasteiger partial charge is 0.407 e. The van der Waals surface area contributed by atoms with E-state index in [2.05, 4.69) is 10.2 Å². The zero-order valence-corrected chi connectivity index (χ0v) is 14.9. The van der Waals surface area contributed by atoms with E-state index in [1.54, 1.807) is 0 Å². The summed E-state index contributed by atoms with van der Waals surface area (Å²) in [5.41, 5.74) is -0.476. The molecule has 1 aliphatic heterocycles. The van der Waals surface area contributed by atoms with Crippen molar-refractivity contribution in [3.63, 3.8) is 0 Å². The number of rotatable bonds is 5. The van der Waals surface area contributed by atoms with Gasteiger partial charge in [0.25, 0.3) is 0 Å². The molecule has 1 N–H and O–H groups in total. The van der Waals surface area contributed by atoms with Gasteiger partial charge in [-0.1, -0.05) is 6.07 Å². The molecule has 0 radical (unpaired) electrons. The number of thiophene rings is 1. The van der Waals surface area contributed by atoms with Crippen molar-refractivity contribution in [3.8, 4) is 0 Å². The van der Waals surface area contributed by atoms with Gasteiger partial charge in [-0.3, -0.25) is 9.69 Å². The molecule has 0 aliphatic carbocycles. The summed E-state index contributed by atoms with van der Waals surface area (Å²) in [5, 5.41) is 4.77. The second-order valence-electron chi connectivity index (χ2n) is 7.03. The molecule has 23 heavy (non-hydrogen) atoms. The number of likely N-dealkylation sites (tertiary alicyclic amines) is 1. The van der Waals surface area contributed by atoms with Gasteiger partial charge in [-0.15, -0.1) is 11.3 Å². The number of carbonyl (C=O) groups is 2. The Hall–Kier alpha value is -1.40. The van der Waals surface area contributed by atoms with Gasteiger partial charge in [-0.05, 0) is 57.5 Å². The van der Waals surface area contributed by atoms with Crippen LogP contribution in [-0.2, 0) is 4.74 Å². The fraction of sp³-hybridized carbons (Fsp3) is 0.647. The van der Waals surface area contributed by atoms with Gasteiger partial charge >= 0.3 is 6.09 Å². The Kier molecular flexibility index (Phi) is 6.18. The Morgan fingerprint density at radius 2 is 2.22 bits per heavy atom. The van der Waals surface area contributed by atoms with E-state index in [0.717, 1.165) is 30.8 Å². The molecule has 0 aromatic carbocycles. The molecule has 5 nitrogen and oxygen atoms in total. The van der Waals surface area contributed by atoms with Gasteiger partial charge in [0.2, 0.25) is 0 Å². The molecule has 128 valence electrons. The fourth-order valence-electron chi connectivity index (χ4n) is 2.72. The lowest BCUT2D eigenvalue weighted by molar-refractivity contribution is 0.0504. The van der Waals surface area contributed by atoms with Gasteiger partial charge in [-0.2, -0.15) is 0 Å². The van der Waals surface area contributed by atoms with Crippen molar-refractivity contribution in [3.05, 3.63) is 22.4 Å². The van der Waals surface area contributed by atoms with Crippen LogP contribution in [0.3, 0.4) is 0 Å². The van der Waals surface area contributed by atoms with Crippen LogP contribution >= 0.6 is 11.3 Å². The van der Waals surface area contributed by atoms with Crippen LogP contribution in [0.1, 0.15) is 43.3 Å². The second kappa shape index (κ2) is 7.93. The zero-order valence-electron chi connectivity index (χ0n) is 14.1. The maximum atomic E-state index is 12.2. The Balaban J connectivity index is 1.75. The molecule has 1 amide bonds. The highest BCUT2D eigenvalue weighted by Crippen LogP contribution is 2.18. The van der Waals surface area contributed by atoms with E-state index in [9.17, 15) is 9.59 Å². The number of hydrogen-bond acceptors (Lipinski definition) is 5. The van der Waals surface area contributed by atoms with Crippen LogP contribution in [0.25, 0.3) is 0 Å². The van der Waals surface area contributed by atoms with Crippen molar-refractivity contribution >= 4 is 23.2 Å². The predicted octanol–water partition coefficient (Wildman–Crippen LogP) is 3.17. The normalized spacial score (nSPS) is 19.3. The van der Waals surface area contributed by atoms with E-state index >= 15 is 0 Å². The summed E-state index contributed by atoms with van der Waals surface area (Å²) >= 11 is 1.49. The Bertz CT molecular complexity index is 522. The highest BCUT2D eigenvalue weighted by Gasteiger charge is 2.23. The van der Waals surface area contributed by atoms with E-state index in [0.29, 0.717) is 19.0 Å². The van der Waals surface area contributed by atoms with Crippen LogP contribution in [0.4, 0.5) is 4.79 Å². The molecule has 0 unspecified atom stereocenters. The second-order valence-corrected chi connectivity index (χ2v) is 7.97. The third-order valence-electron chi connectivity index (χ3n) is 3.70. The van der Waals surface area contributed by atoms with Crippen molar-refractivity contribution in [2.24, 2.45) is 5.92 Å². The van der Waals surface area contributed by atoms with Gasteiger partial charge in [0.05, 0.1) is 11.4 Å². The minimum absolute atomic E-state index is 0.181. The maximum Gasteiger partial charge on any atom is 0.407 e. The number of piperidine rings is 1. The van der Waals surface area contributed by atoms with Gasteiger partial charge in [0.1, 0.15) is 5.60 Å². The topological polar surface area (TPSA) is 58.6 Å². The number of Topliss-reactive ketones (excluding diaryl/α,β-unsaturated/α-hetero) is 1. The number of ketones is 1. The van der Waals surface area contributed by atoms with Crippen LogP contribution in [-0.4, -0.2) is 48.6 Å². The lowest BCUT2D eigenvalue weighted by atomic mass is 9.98. The SMILES string of the molecule is CC(C)(C)OC(=O)NC[C@H]1CCCN(CC(=O)c2cccs2)C1. The molecule has 1 aromatic heterocycles. The summed E-state index contributed by atoms with van der Waals surface area (Å²) in [7, 11) is 0. The first-order chi connectivity index (χ1) is 10.8. The summed E-state index contributed by atoms with van der Waals surface area (Å²) in [4.78, 5) is 26.9. The standard InChI is InChI=1S/C17H26N2O3S/c1-17(2,3)22-16(21)18-10-13-6-4-8-19(11-13)12-14(20)15-7-5-9-23-15/h5,7,9,13H,4,6,8,10-12H2,1-3H3,(H,18,21)/t13-/m1/s1. The van der Waals surface area contributed by atoms with Crippen LogP contribution in [0.2, 0.25) is 0 Å². The number of carbonyl (C=O) groups excluding carboxylic acids is 2. The van der Waals surface area contributed by atoms with Crippen LogP contribution in [0.15, 0.2) is 17.5 Å². The molecule has 2 rings (SSSR count).